The van der Waals surface area contributed by atoms with E-state index >= 15 is 0 Å². The van der Waals surface area contributed by atoms with Gasteiger partial charge in [-0.05, 0) is 34.7 Å². The van der Waals surface area contributed by atoms with Crippen LogP contribution in [0.3, 0.4) is 0 Å². The number of nitrogens with zero attached hydrogens (tertiary/aromatic N) is 4. The molecule has 2 aromatic carbocycles. The Labute approximate surface area is 158 Å². The van der Waals surface area contributed by atoms with Gasteiger partial charge in [0.1, 0.15) is 0 Å². The molecule has 0 spiro atoms. The number of urea groups is 1. The highest BCUT2D eigenvalue weighted by molar-refractivity contribution is 5.91. The van der Waals surface area contributed by atoms with Crippen LogP contribution in [0.5, 0.6) is 11.5 Å². The number of aromatic nitrogens is 4. The molecule has 0 fully saturated rings. The number of hydrogen-bond donors (Lipinski definition) is 2. The first-order valence-corrected chi connectivity index (χ1v) is 8.02. The minimum Gasteiger partial charge on any atom is -0.493 e. The Bertz CT molecular complexity index is 995. The standard InChI is InChI=1S/C17H16F2N6O3/c1-27-14-5-3-4-13(16(14)28-2)21-17(26)20-9-15-22-23-24-25(15)10-6-7-11(18)12(19)8-10/h3-8H,9H2,1-2H3,(H2,20,21,26). The Kier molecular flexibility index (Phi) is 5.63. The number of ether oxygens (including phenoxy) is 2. The van der Waals surface area contributed by atoms with Crippen molar-refractivity contribution in [1.29, 1.82) is 0 Å². The summed E-state index contributed by atoms with van der Waals surface area (Å²) >= 11 is 0. The number of carbonyl (C=O) groups is 1. The van der Waals surface area contributed by atoms with Crippen molar-refractivity contribution in [2.75, 3.05) is 19.5 Å². The lowest BCUT2D eigenvalue weighted by Gasteiger charge is -2.13. The summed E-state index contributed by atoms with van der Waals surface area (Å²) in [5.74, 6) is -0.967. The van der Waals surface area contributed by atoms with Gasteiger partial charge in [-0.15, -0.1) is 5.10 Å². The van der Waals surface area contributed by atoms with Crippen molar-refractivity contribution in [2.24, 2.45) is 0 Å². The van der Waals surface area contributed by atoms with Gasteiger partial charge in [0.15, 0.2) is 29.0 Å². The number of amides is 2. The summed E-state index contributed by atoms with van der Waals surface area (Å²) in [7, 11) is 2.94. The highest BCUT2D eigenvalue weighted by Crippen LogP contribution is 2.34. The molecule has 3 rings (SSSR count). The van der Waals surface area contributed by atoms with Crippen molar-refractivity contribution in [3.8, 4) is 17.2 Å². The fourth-order valence-electron chi connectivity index (χ4n) is 2.44. The quantitative estimate of drug-likeness (QED) is 0.669. The van der Waals surface area contributed by atoms with E-state index in [9.17, 15) is 13.6 Å². The SMILES string of the molecule is COc1cccc(NC(=O)NCc2nnnn2-c2ccc(F)c(F)c2)c1OC. The van der Waals surface area contributed by atoms with Crippen LogP contribution < -0.4 is 20.1 Å². The van der Waals surface area contributed by atoms with Crippen molar-refractivity contribution < 1.29 is 23.0 Å². The second-order valence-corrected chi connectivity index (χ2v) is 5.45. The molecule has 3 aromatic rings. The Hall–Kier alpha value is -3.76. The molecule has 0 atom stereocenters. The molecule has 2 N–H and O–H groups in total. The van der Waals surface area contributed by atoms with E-state index < -0.39 is 17.7 Å². The van der Waals surface area contributed by atoms with E-state index in [1.165, 1.54) is 25.0 Å². The largest absolute Gasteiger partial charge is 0.493 e. The number of anilines is 1. The fraction of sp³-hybridized carbons (Fsp3) is 0.176. The van der Waals surface area contributed by atoms with Gasteiger partial charge in [-0.2, -0.15) is 4.68 Å². The smallest absolute Gasteiger partial charge is 0.319 e. The third kappa shape index (κ3) is 3.98. The summed E-state index contributed by atoms with van der Waals surface area (Å²) in [6.07, 6.45) is 0. The van der Waals surface area contributed by atoms with Gasteiger partial charge in [-0.1, -0.05) is 6.07 Å². The Morgan fingerprint density at radius 2 is 1.96 bits per heavy atom. The number of methoxy groups -OCH3 is 2. The summed E-state index contributed by atoms with van der Waals surface area (Å²) in [4.78, 5) is 12.2. The monoisotopic (exact) mass is 390 g/mol. The van der Waals surface area contributed by atoms with E-state index in [-0.39, 0.29) is 18.1 Å². The molecule has 0 aliphatic rings. The molecule has 0 saturated carbocycles. The van der Waals surface area contributed by atoms with Crippen LogP contribution >= 0.6 is 0 Å². The molecule has 0 aliphatic carbocycles. The molecule has 0 unspecified atom stereocenters. The highest BCUT2D eigenvalue weighted by atomic mass is 19.2. The van der Waals surface area contributed by atoms with Gasteiger partial charge in [0.05, 0.1) is 32.1 Å². The number of carbonyl (C=O) groups excluding carboxylic acids is 1. The first kappa shape index (κ1) is 19.0. The number of tetrazole rings is 1. The van der Waals surface area contributed by atoms with Crippen LogP contribution in [-0.4, -0.2) is 40.5 Å². The topological polar surface area (TPSA) is 103 Å². The maximum Gasteiger partial charge on any atom is 0.319 e. The zero-order valence-electron chi connectivity index (χ0n) is 14.9. The van der Waals surface area contributed by atoms with Crippen LogP contribution in [0.1, 0.15) is 5.82 Å². The molecule has 1 heterocycles. The van der Waals surface area contributed by atoms with Gasteiger partial charge in [-0.25, -0.2) is 13.6 Å². The summed E-state index contributed by atoms with van der Waals surface area (Å²) in [6, 6.07) is 7.72. The van der Waals surface area contributed by atoms with Crippen LogP contribution in [0.25, 0.3) is 5.69 Å². The molecule has 2 amide bonds. The maximum absolute atomic E-state index is 13.4. The van der Waals surface area contributed by atoms with Gasteiger partial charge in [0.25, 0.3) is 0 Å². The second-order valence-electron chi connectivity index (χ2n) is 5.45. The minimum absolute atomic E-state index is 0.0654. The molecular formula is C17H16F2N6O3. The number of rotatable bonds is 6. The zero-order valence-corrected chi connectivity index (χ0v) is 14.9. The lowest BCUT2D eigenvalue weighted by molar-refractivity contribution is 0.251. The van der Waals surface area contributed by atoms with Crippen molar-refractivity contribution in [3.05, 3.63) is 53.9 Å². The van der Waals surface area contributed by atoms with Crippen molar-refractivity contribution in [2.45, 2.75) is 6.54 Å². The highest BCUT2D eigenvalue weighted by Gasteiger charge is 2.14. The van der Waals surface area contributed by atoms with Crippen LogP contribution in [0.4, 0.5) is 19.3 Å². The van der Waals surface area contributed by atoms with Gasteiger partial charge < -0.3 is 20.1 Å². The van der Waals surface area contributed by atoms with Crippen LogP contribution in [0.15, 0.2) is 36.4 Å². The van der Waals surface area contributed by atoms with E-state index in [1.54, 1.807) is 18.2 Å². The Balaban J connectivity index is 1.70. The zero-order chi connectivity index (χ0) is 20.1. The summed E-state index contributed by atoms with van der Waals surface area (Å²) in [6.45, 7) is -0.0654. The molecular weight excluding hydrogens is 374 g/mol. The molecule has 0 radical (unpaired) electrons. The number of halogens is 2. The predicted molar refractivity (Wildman–Crippen MR) is 94.5 cm³/mol. The molecule has 1 aromatic heterocycles. The number of nitrogens with one attached hydrogen (secondary N) is 2. The fourth-order valence-corrected chi connectivity index (χ4v) is 2.44. The van der Waals surface area contributed by atoms with E-state index in [1.807, 2.05) is 0 Å². The van der Waals surface area contributed by atoms with E-state index in [4.69, 9.17) is 9.47 Å². The summed E-state index contributed by atoms with van der Waals surface area (Å²) in [5.41, 5.74) is 0.620. The third-order valence-corrected chi connectivity index (χ3v) is 3.74. The van der Waals surface area contributed by atoms with Gasteiger partial charge in [0, 0.05) is 6.07 Å². The minimum atomic E-state index is -1.03. The molecule has 9 nitrogen and oxygen atoms in total. The van der Waals surface area contributed by atoms with Gasteiger partial charge >= 0.3 is 6.03 Å². The third-order valence-electron chi connectivity index (χ3n) is 3.74. The summed E-state index contributed by atoms with van der Waals surface area (Å²) in [5, 5.41) is 16.2. The van der Waals surface area contributed by atoms with Crippen molar-refractivity contribution in [3.63, 3.8) is 0 Å². The van der Waals surface area contributed by atoms with Crippen molar-refractivity contribution >= 4 is 11.7 Å². The van der Waals surface area contributed by atoms with E-state index in [0.717, 1.165) is 12.1 Å². The first-order chi connectivity index (χ1) is 13.5. The average molecular weight is 390 g/mol. The number of benzene rings is 2. The lowest BCUT2D eigenvalue weighted by atomic mass is 10.2. The van der Waals surface area contributed by atoms with Crippen LogP contribution in [-0.2, 0) is 6.54 Å². The van der Waals surface area contributed by atoms with Crippen LogP contribution in [0, 0.1) is 11.6 Å². The predicted octanol–water partition coefficient (Wildman–Crippen LogP) is 2.28. The summed E-state index contributed by atoms with van der Waals surface area (Å²) < 4.78 is 38.1. The molecule has 0 saturated heterocycles. The Morgan fingerprint density at radius 1 is 1.14 bits per heavy atom. The van der Waals surface area contributed by atoms with Crippen molar-refractivity contribution in [1.82, 2.24) is 25.5 Å². The van der Waals surface area contributed by atoms with E-state index in [0.29, 0.717) is 17.2 Å². The van der Waals surface area contributed by atoms with Gasteiger partial charge in [-0.3, -0.25) is 0 Å². The molecule has 0 bridgehead atoms. The van der Waals surface area contributed by atoms with Gasteiger partial charge in [0.2, 0.25) is 0 Å². The normalized spacial score (nSPS) is 10.4. The molecule has 0 aliphatic heterocycles. The second kappa shape index (κ2) is 8.29. The van der Waals surface area contributed by atoms with Crippen LogP contribution in [0.2, 0.25) is 0 Å². The Morgan fingerprint density at radius 3 is 2.68 bits per heavy atom. The molecule has 146 valence electrons. The lowest BCUT2D eigenvalue weighted by Crippen LogP contribution is -2.29. The molecule has 11 heteroatoms. The number of para-hydroxylation sites is 1. The number of hydrogen-bond acceptors (Lipinski definition) is 6. The average Bonchev–Trinajstić information content (AvgIpc) is 3.17. The maximum atomic E-state index is 13.4. The molecule has 28 heavy (non-hydrogen) atoms. The van der Waals surface area contributed by atoms with E-state index in [2.05, 4.69) is 26.2 Å². The first-order valence-electron chi connectivity index (χ1n) is 8.02.